The van der Waals surface area contributed by atoms with Crippen LogP contribution in [0.5, 0.6) is 0 Å². The normalized spacial score (nSPS) is 9.67. The molecule has 3 aromatic heterocycles. The summed E-state index contributed by atoms with van der Waals surface area (Å²) in [5, 5.41) is 61.6. The third kappa shape index (κ3) is 15.1. The molecule has 0 radical (unpaired) electrons. The van der Waals surface area contributed by atoms with E-state index in [0.29, 0.717) is 69.7 Å². The number of aromatic nitrogens is 3. The van der Waals surface area contributed by atoms with Gasteiger partial charge >= 0.3 is 17.9 Å². The predicted molar refractivity (Wildman–Crippen MR) is 238 cm³/mol. The zero-order valence-corrected chi connectivity index (χ0v) is 37.8. The number of nitrogens with one attached hydrogen (secondary N) is 3. The second-order valence-electron chi connectivity index (χ2n) is 13.4. The van der Waals surface area contributed by atoms with Crippen LogP contribution in [-0.2, 0) is 0 Å². The van der Waals surface area contributed by atoms with Gasteiger partial charge < -0.3 is 31.3 Å². The van der Waals surface area contributed by atoms with Crippen molar-refractivity contribution in [2.75, 3.05) is 19.6 Å². The van der Waals surface area contributed by atoms with Crippen LogP contribution in [0.4, 0.5) is 0 Å². The first-order valence-corrected chi connectivity index (χ1v) is 19.8. The van der Waals surface area contributed by atoms with Gasteiger partial charge in [-0.25, -0.2) is 29.3 Å². The Morgan fingerprint density at radius 1 is 0.403 bits per heavy atom. The Morgan fingerprint density at radius 3 is 0.791 bits per heavy atom. The van der Waals surface area contributed by atoms with Gasteiger partial charge in [-0.3, -0.25) is 14.4 Å². The van der Waals surface area contributed by atoms with Gasteiger partial charge in [0.15, 0.2) is 0 Å². The Kier molecular flexibility index (Phi) is 20.4. The van der Waals surface area contributed by atoms with Crippen LogP contribution in [0.1, 0.15) is 100 Å². The smallest absolute Gasteiger partial charge is 0.354 e. The van der Waals surface area contributed by atoms with Crippen LogP contribution in [0.3, 0.4) is 0 Å². The predicted octanol–water partition coefficient (Wildman–Crippen LogP) is 6.20. The fraction of sp³-hybridized carbons (Fsp3) is 0.125. The van der Waals surface area contributed by atoms with E-state index in [2.05, 4.69) is 30.9 Å². The molecule has 0 saturated heterocycles. The number of carbonyl (C=O) groups excluding carboxylic acids is 3. The van der Waals surface area contributed by atoms with E-state index in [0.717, 1.165) is 0 Å². The van der Waals surface area contributed by atoms with Crippen LogP contribution >= 0.6 is 0 Å². The van der Waals surface area contributed by atoms with Crippen LogP contribution in [0.2, 0.25) is 0 Å². The number of rotatable bonds is 12. The van der Waals surface area contributed by atoms with Crippen LogP contribution in [-0.4, -0.2) is 85.5 Å². The fourth-order valence-corrected chi connectivity index (χ4v) is 5.73. The minimum Gasteiger partial charge on any atom is -0.477 e. The van der Waals surface area contributed by atoms with Crippen LogP contribution in [0.25, 0.3) is 33.4 Å². The summed E-state index contributed by atoms with van der Waals surface area (Å²) in [4.78, 5) is 80.8. The first-order valence-electron chi connectivity index (χ1n) is 19.8. The molecule has 0 aliphatic heterocycles. The Bertz CT molecular complexity index is 2610. The molecule has 340 valence electrons. The van der Waals surface area contributed by atoms with E-state index in [9.17, 15) is 28.8 Å². The third-order valence-electron chi connectivity index (χ3n) is 8.89. The maximum Gasteiger partial charge on any atom is 0.354 e. The summed E-state index contributed by atoms with van der Waals surface area (Å²) in [6.45, 7) is 6.56. The molecule has 67 heavy (non-hydrogen) atoms. The second-order valence-corrected chi connectivity index (χ2v) is 13.4. The molecular formula is C48H39DyN9O9. The number of nitrogens with zero attached hydrogens (tertiary/aromatic N) is 6. The van der Waals surface area contributed by atoms with Crippen molar-refractivity contribution in [1.82, 2.24) is 30.9 Å². The molecule has 6 aromatic rings. The summed E-state index contributed by atoms with van der Waals surface area (Å²) in [5.74, 6) is -4.91. The van der Waals surface area contributed by atoms with E-state index < -0.39 is 35.6 Å². The number of carbonyl (C=O) groups is 6. The van der Waals surface area contributed by atoms with Crippen LogP contribution < -0.4 is 16.0 Å². The molecule has 0 saturated carbocycles. The van der Waals surface area contributed by atoms with Crippen molar-refractivity contribution >= 4 is 35.6 Å². The van der Waals surface area contributed by atoms with Crippen molar-refractivity contribution in [1.29, 1.82) is 15.8 Å². The number of carboxylic acid groups (broad SMARTS) is 3. The number of hydrogen-bond acceptors (Lipinski definition) is 12. The molecule has 3 amide bonds. The van der Waals surface area contributed by atoms with Crippen molar-refractivity contribution in [2.24, 2.45) is 0 Å². The molecule has 3 aromatic carbocycles. The van der Waals surface area contributed by atoms with E-state index in [4.69, 9.17) is 31.1 Å². The Balaban J connectivity index is 0.000000264. The van der Waals surface area contributed by atoms with Gasteiger partial charge in [0.1, 0.15) is 34.2 Å². The molecule has 0 aliphatic carbocycles. The first kappa shape index (κ1) is 53.0. The molecule has 0 aliphatic rings. The molecule has 6 N–H and O–H groups in total. The number of benzene rings is 3. The molecular weight excluding hydrogens is 1010 g/mol. The van der Waals surface area contributed by atoms with Gasteiger partial charge in [-0.2, -0.15) is 15.8 Å². The molecule has 0 unspecified atom stereocenters. The molecule has 0 fully saturated rings. The maximum atomic E-state index is 11.9. The summed E-state index contributed by atoms with van der Waals surface area (Å²) < 4.78 is 0. The number of amides is 3. The average Bonchev–Trinajstić information content (AvgIpc) is 3.34. The van der Waals surface area contributed by atoms with Crippen molar-refractivity contribution < 1.29 is 82.3 Å². The van der Waals surface area contributed by atoms with E-state index in [1.165, 1.54) is 36.4 Å². The summed E-state index contributed by atoms with van der Waals surface area (Å²) in [6, 6.07) is 34.7. The topological polar surface area (TPSA) is 309 Å². The summed E-state index contributed by atoms with van der Waals surface area (Å²) in [5.41, 5.74) is 4.78. The number of carboxylic acids is 3. The summed E-state index contributed by atoms with van der Waals surface area (Å²) in [7, 11) is 0. The van der Waals surface area contributed by atoms with Crippen LogP contribution in [0, 0.1) is 72.2 Å². The van der Waals surface area contributed by atoms with Gasteiger partial charge in [0.25, 0.3) is 17.7 Å². The van der Waals surface area contributed by atoms with Crippen molar-refractivity contribution in [3.8, 4) is 51.6 Å². The van der Waals surface area contributed by atoms with E-state index >= 15 is 0 Å². The second kappa shape index (κ2) is 25.8. The van der Waals surface area contributed by atoms with Gasteiger partial charge in [-0.15, -0.1) is 0 Å². The molecule has 0 spiro atoms. The van der Waals surface area contributed by atoms with Gasteiger partial charge in [-0.1, -0.05) is 36.4 Å². The maximum absolute atomic E-state index is 11.9. The minimum atomic E-state index is -1.21. The quantitative estimate of drug-likeness (QED) is 0.0794. The largest absolute Gasteiger partial charge is 0.477 e. The standard InChI is InChI=1S/3C16H13N3O3.Dy/c3*1-2-18-15(20)13-7-12(8-14(19-13)16(21)22)11-5-3-10(9-17)4-6-11;/h3*3-8H,2H2,1H3,(H,18,20)(H,21,22);. The molecule has 0 bridgehead atoms. The van der Waals surface area contributed by atoms with Crippen molar-refractivity contribution in [3.05, 3.63) is 160 Å². The van der Waals surface area contributed by atoms with Crippen LogP contribution in [0.15, 0.2) is 109 Å². The summed E-state index contributed by atoms with van der Waals surface area (Å²) >= 11 is 0. The minimum absolute atomic E-state index is 0. The van der Waals surface area contributed by atoms with E-state index in [1.807, 2.05) is 18.2 Å². The van der Waals surface area contributed by atoms with Gasteiger partial charge in [0.2, 0.25) is 0 Å². The van der Waals surface area contributed by atoms with E-state index in [-0.39, 0.29) is 72.3 Å². The Hall–Kier alpha value is -8.33. The SMILES string of the molecule is CCNC(=O)c1cc(-c2ccc(C#N)cc2)cc(C(=O)O)n1.CCNC(=O)c1cc(-c2ccc(C#N)cc2)cc(C(=O)O)n1.CCNC(=O)c1cc(-c2ccc(C#N)cc2)cc(C(=O)O)n1.[Dy]. The number of hydrogen-bond donors (Lipinski definition) is 6. The number of pyridine rings is 3. The zero-order chi connectivity index (χ0) is 48.3. The first-order chi connectivity index (χ1) is 31.6. The number of aromatic carboxylic acids is 3. The molecule has 6 rings (SSSR count). The van der Waals surface area contributed by atoms with Crippen molar-refractivity contribution in [2.45, 2.75) is 20.8 Å². The average molecular weight is 1050 g/mol. The third-order valence-corrected chi connectivity index (χ3v) is 8.89. The Morgan fingerprint density at radius 2 is 0.612 bits per heavy atom. The van der Waals surface area contributed by atoms with Crippen molar-refractivity contribution in [3.63, 3.8) is 0 Å². The number of nitriles is 3. The zero-order valence-electron chi connectivity index (χ0n) is 35.8. The van der Waals surface area contributed by atoms with Gasteiger partial charge in [0.05, 0.1) is 34.9 Å². The molecule has 3 heterocycles. The van der Waals surface area contributed by atoms with Gasteiger partial charge in [-0.05, 0) is 127 Å². The summed E-state index contributed by atoms with van der Waals surface area (Å²) in [6.07, 6.45) is 0. The monoisotopic (exact) mass is 1050 g/mol. The van der Waals surface area contributed by atoms with E-state index in [1.54, 1.807) is 93.6 Å². The molecule has 0 atom stereocenters. The Labute approximate surface area is 414 Å². The van der Waals surface area contributed by atoms with Gasteiger partial charge in [0, 0.05) is 57.8 Å². The molecule has 18 nitrogen and oxygen atoms in total. The fourth-order valence-electron chi connectivity index (χ4n) is 5.73. The molecule has 19 heteroatoms.